The topological polar surface area (TPSA) is 50.6 Å². The second-order valence-electron chi connectivity index (χ2n) is 7.02. The molecule has 1 aromatic heterocycles. The van der Waals surface area contributed by atoms with Gasteiger partial charge in [-0.25, -0.2) is 9.37 Å². The number of carbonyl (C=O) groups excluding carboxylic acids is 1. The first-order chi connectivity index (χ1) is 14.1. The zero-order valence-corrected chi connectivity index (χ0v) is 17.5. The van der Waals surface area contributed by atoms with Crippen LogP contribution in [0.4, 0.5) is 10.3 Å². The summed E-state index contributed by atoms with van der Waals surface area (Å²) in [5.74, 6) is 0.353. The molecule has 0 unspecified atom stereocenters. The number of aromatic nitrogens is 2. The lowest BCUT2D eigenvalue weighted by Gasteiger charge is -2.35. The number of para-hydroxylation sites is 1. The summed E-state index contributed by atoms with van der Waals surface area (Å²) in [5, 5.41) is 0. The average Bonchev–Trinajstić information content (AvgIpc) is 3.23. The van der Waals surface area contributed by atoms with Gasteiger partial charge in [-0.1, -0.05) is 29.8 Å². The Morgan fingerprint density at radius 2 is 1.77 bits per heavy atom. The zero-order valence-electron chi connectivity index (χ0n) is 16.7. The summed E-state index contributed by atoms with van der Waals surface area (Å²) >= 11 is 0. The van der Waals surface area contributed by atoms with Crippen molar-refractivity contribution in [1.82, 2.24) is 14.5 Å². The van der Waals surface area contributed by atoms with Crippen molar-refractivity contribution in [2.45, 2.75) is 6.92 Å². The summed E-state index contributed by atoms with van der Waals surface area (Å²) in [4.78, 5) is 20.9. The average molecular weight is 431 g/mol. The van der Waals surface area contributed by atoms with Crippen molar-refractivity contribution in [3.63, 3.8) is 0 Å². The lowest BCUT2D eigenvalue weighted by molar-refractivity contribution is -0.133. The van der Waals surface area contributed by atoms with E-state index < -0.39 is 5.82 Å². The Balaban J connectivity index is 0.00000256. The molecule has 8 heteroatoms. The van der Waals surface area contributed by atoms with Crippen molar-refractivity contribution in [1.29, 1.82) is 0 Å². The van der Waals surface area contributed by atoms with E-state index in [-0.39, 0.29) is 30.7 Å². The molecule has 0 saturated carbocycles. The molecule has 1 aliphatic heterocycles. The third kappa shape index (κ3) is 4.74. The molecule has 1 saturated heterocycles. The summed E-state index contributed by atoms with van der Waals surface area (Å²) in [6, 6.07) is 14.4. The molecule has 4 rings (SSSR count). The van der Waals surface area contributed by atoms with Gasteiger partial charge in [-0.15, -0.1) is 12.4 Å². The summed E-state index contributed by atoms with van der Waals surface area (Å²) in [5.41, 5.74) is 2.26. The molecule has 0 atom stereocenters. The van der Waals surface area contributed by atoms with Gasteiger partial charge in [0.05, 0.1) is 0 Å². The highest BCUT2D eigenvalue weighted by Gasteiger charge is 2.24. The van der Waals surface area contributed by atoms with Gasteiger partial charge in [-0.05, 0) is 31.2 Å². The minimum absolute atomic E-state index is 0. The van der Waals surface area contributed by atoms with Crippen LogP contribution in [-0.2, 0) is 4.79 Å². The number of rotatable bonds is 5. The van der Waals surface area contributed by atoms with Crippen LogP contribution < -0.4 is 9.64 Å². The number of nitrogens with zero attached hydrogens (tertiary/aromatic N) is 4. The van der Waals surface area contributed by atoms with E-state index in [1.807, 2.05) is 6.20 Å². The summed E-state index contributed by atoms with van der Waals surface area (Å²) < 4.78 is 21.0. The quantitative estimate of drug-likeness (QED) is 0.622. The molecule has 0 radical (unpaired) electrons. The van der Waals surface area contributed by atoms with Crippen LogP contribution in [0.25, 0.3) is 5.69 Å². The van der Waals surface area contributed by atoms with Crippen LogP contribution in [0, 0.1) is 12.7 Å². The number of ether oxygens (including phenoxy) is 1. The second kappa shape index (κ2) is 9.63. The zero-order chi connectivity index (χ0) is 20.2. The van der Waals surface area contributed by atoms with Crippen molar-refractivity contribution in [2.75, 3.05) is 37.7 Å². The van der Waals surface area contributed by atoms with E-state index in [4.69, 9.17) is 4.74 Å². The van der Waals surface area contributed by atoms with Crippen molar-refractivity contribution in [3.8, 4) is 11.4 Å². The first-order valence-electron chi connectivity index (χ1n) is 9.62. The molecule has 0 spiro atoms. The van der Waals surface area contributed by atoms with E-state index in [2.05, 4.69) is 45.6 Å². The van der Waals surface area contributed by atoms with Crippen LogP contribution in [0.3, 0.4) is 0 Å². The SMILES string of the molecule is Cc1ccc(-n2ccnc2N2CCN(C(=O)COc3ccccc3F)CC2)cc1.Cl. The van der Waals surface area contributed by atoms with Crippen molar-refractivity contribution < 1.29 is 13.9 Å². The standard InChI is InChI=1S/C22H23FN4O2.ClH/c1-17-6-8-18(9-7-17)27-11-10-24-22(27)26-14-12-25(13-15-26)21(28)16-29-20-5-3-2-4-19(20)23;/h2-11H,12-16H2,1H3;1H. The Morgan fingerprint density at radius 3 is 2.47 bits per heavy atom. The number of benzene rings is 2. The van der Waals surface area contributed by atoms with Gasteiger partial charge in [0.2, 0.25) is 5.95 Å². The Morgan fingerprint density at radius 1 is 1.07 bits per heavy atom. The Hall–Kier alpha value is -3.06. The van der Waals surface area contributed by atoms with Gasteiger partial charge in [0.25, 0.3) is 5.91 Å². The van der Waals surface area contributed by atoms with Crippen molar-refractivity contribution >= 4 is 24.3 Å². The minimum atomic E-state index is -0.465. The number of aryl methyl sites for hydroxylation is 1. The summed E-state index contributed by atoms with van der Waals surface area (Å²) in [7, 11) is 0. The molecule has 6 nitrogen and oxygen atoms in total. The molecule has 0 bridgehead atoms. The molecule has 2 aromatic carbocycles. The summed E-state index contributed by atoms with van der Waals surface area (Å²) in [6.45, 7) is 4.38. The highest BCUT2D eigenvalue weighted by molar-refractivity contribution is 5.85. The molecular weight excluding hydrogens is 407 g/mol. The van der Waals surface area contributed by atoms with Crippen LogP contribution in [0.1, 0.15) is 5.56 Å². The van der Waals surface area contributed by atoms with E-state index in [0.717, 1.165) is 11.6 Å². The number of anilines is 1. The molecule has 0 N–H and O–H groups in total. The van der Waals surface area contributed by atoms with E-state index in [9.17, 15) is 9.18 Å². The smallest absolute Gasteiger partial charge is 0.260 e. The first kappa shape index (κ1) is 21.6. The van der Waals surface area contributed by atoms with Gasteiger partial charge < -0.3 is 14.5 Å². The van der Waals surface area contributed by atoms with E-state index in [1.165, 1.54) is 17.7 Å². The molecule has 30 heavy (non-hydrogen) atoms. The maximum atomic E-state index is 13.6. The van der Waals surface area contributed by atoms with Gasteiger partial charge in [-0.2, -0.15) is 0 Å². The lowest BCUT2D eigenvalue weighted by atomic mass is 10.2. The number of hydrogen-bond donors (Lipinski definition) is 0. The van der Waals surface area contributed by atoms with Crippen LogP contribution in [0.15, 0.2) is 60.9 Å². The number of hydrogen-bond acceptors (Lipinski definition) is 4. The Labute approximate surface area is 181 Å². The summed E-state index contributed by atoms with van der Waals surface area (Å²) in [6.07, 6.45) is 3.73. The van der Waals surface area contributed by atoms with Crippen LogP contribution in [0.5, 0.6) is 5.75 Å². The minimum Gasteiger partial charge on any atom is -0.481 e. The van der Waals surface area contributed by atoms with Gasteiger partial charge in [-0.3, -0.25) is 9.36 Å². The molecule has 158 valence electrons. The highest BCUT2D eigenvalue weighted by atomic mass is 35.5. The molecule has 1 amide bonds. The predicted octanol–water partition coefficient (Wildman–Crippen LogP) is 3.47. The number of piperazine rings is 1. The number of amides is 1. The van der Waals surface area contributed by atoms with Gasteiger partial charge >= 0.3 is 0 Å². The fraction of sp³-hybridized carbons (Fsp3) is 0.273. The fourth-order valence-corrected chi connectivity index (χ4v) is 3.38. The molecule has 0 aliphatic carbocycles. The van der Waals surface area contributed by atoms with Crippen LogP contribution >= 0.6 is 12.4 Å². The van der Waals surface area contributed by atoms with Crippen molar-refractivity contribution in [2.24, 2.45) is 0 Å². The Kier molecular flexibility index (Phi) is 6.95. The van der Waals surface area contributed by atoms with Crippen molar-refractivity contribution in [3.05, 3.63) is 72.3 Å². The third-order valence-corrected chi connectivity index (χ3v) is 5.04. The molecular formula is C22H24ClFN4O2. The third-order valence-electron chi connectivity index (χ3n) is 5.04. The van der Waals surface area contributed by atoms with E-state index in [0.29, 0.717) is 26.2 Å². The first-order valence-corrected chi connectivity index (χ1v) is 9.62. The van der Waals surface area contributed by atoms with E-state index >= 15 is 0 Å². The second-order valence-corrected chi connectivity index (χ2v) is 7.02. The molecule has 1 fully saturated rings. The number of halogens is 2. The van der Waals surface area contributed by atoms with Gasteiger partial charge in [0.15, 0.2) is 18.2 Å². The van der Waals surface area contributed by atoms with Gasteiger partial charge in [0, 0.05) is 44.3 Å². The molecule has 3 aromatic rings. The fourth-order valence-electron chi connectivity index (χ4n) is 3.38. The number of imidazole rings is 1. The molecule has 2 heterocycles. The highest BCUT2D eigenvalue weighted by Crippen LogP contribution is 2.20. The molecule has 1 aliphatic rings. The van der Waals surface area contributed by atoms with Gasteiger partial charge in [0.1, 0.15) is 0 Å². The normalized spacial score (nSPS) is 13.7. The predicted molar refractivity (Wildman–Crippen MR) is 116 cm³/mol. The number of carbonyl (C=O) groups is 1. The lowest BCUT2D eigenvalue weighted by Crippen LogP contribution is -2.50. The van der Waals surface area contributed by atoms with E-state index in [1.54, 1.807) is 23.2 Å². The monoisotopic (exact) mass is 430 g/mol. The Bertz CT molecular complexity index is 985. The van der Waals surface area contributed by atoms with Crippen LogP contribution in [-0.4, -0.2) is 53.1 Å². The van der Waals surface area contributed by atoms with Crippen LogP contribution in [0.2, 0.25) is 0 Å². The maximum absolute atomic E-state index is 13.6. The maximum Gasteiger partial charge on any atom is 0.260 e. The largest absolute Gasteiger partial charge is 0.481 e.